The summed E-state index contributed by atoms with van der Waals surface area (Å²) < 4.78 is 5.69. The summed E-state index contributed by atoms with van der Waals surface area (Å²) in [4.78, 5) is 26.7. The molecule has 1 aromatic carbocycles. The number of carbonyl (C=O) groups excluding carboxylic acids is 2. The lowest BCUT2D eigenvalue weighted by Gasteiger charge is -2.41. The van der Waals surface area contributed by atoms with E-state index in [1.54, 1.807) is 6.92 Å². The average molecular weight is 342 g/mol. The lowest BCUT2D eigenvalue weighted by Crippen LogP contribution is -2.51. The quantitative estimate of drug-likeness (QED) is 0.898. The fourth-order valence-electron chi connectivity index (χ4n) is 4.81. The van der Waals surface area contributed by atoms with Gasteiger partial charge in [-0.2, -0.15) is 0 Å². The van der Waals surface area contributed by atoms with Gasteiger partial charge in [0.05, 0.1) is 12.2 Å². The Morgan fingerprint density at radius 2 is 2.16 bits per heavy atom. The number of nitrogens with zero attached hydrogens (tertiary/aromatic N) is 1. The van der Waals surface area contributed by atoms with Gasteiger partial charge in [-0.15, -0.1) is 0 Å². The van der Waals surface area contributed by atoms with Gasteiger partial charge in [-0.1, -0.05) is 25.0 Å². The van der Waals surface area contributed by atoms with Crippen LogP contribution in [0, 0.1) is 5.41 Å². The van der Waals surface area contributed by atoms with E-state index in [-0.39, 0.29) is 23.3 Å². The zero-order chi connectivity index (χ0) is 17.4. The largest absolute Gasteiger partial charge is 0.492 e. The minimum absolute atomic E-state index is 0.0358. The normalized spacial score (nSPS) is 27.9. The molecule has 1 saturated carbocycles. The zero-order valence-corrected chi connectivity index (χ0v) is 14.8. The average Bonchev–Trinajstić information content (AvgIpc) is 3.24. The van der Waals surface area contributed by atoms with Crippen LogP contribution in [-0.4, -0.2) is 42.5 Å². The number of benzene rings is 1. The molecule has 5 nitrogen and oxygen atoms in total. The van der Waals surface area contributed by atoms with Crippen molar-refractivity contribution in [2.75, 3.05) is 19.7 Å². The van der Waals surface area contributed by atoms with Crippen molar-refractivity contribution in [3.63, 3.8) is 0 Å². The Bertz CT molecular complexity index is 702. The Hall–Kier alpha value is -2.04. The van der Waals surface area contributed by atoms with E-state index in [1.807, 2.05) is 23.1 Å². The van der Waals surface area contributed by atoms with E-state index in [2.05, 4.69) is 5.32 Å². The molecule has 1 aromatic rings. The minimum Gasteiger partial charge on any atom is -0.492 e. The summed E-state index contributed by atoms with van der Waals surface area (Å²) in [5.41, 5.74) is 1.81. The molecule has 2 heterocycles. The Labute approximate surface area is 148 Å². The van der Waals surface area contributed by atoms with Crippen molar-refractivity contribution < 1.29 is 14.3 Å². The van der Waals surface area contributed by atoms with Crippen LogP contribution >= 0.6 is 0 Å². The van der Waals surface area contributed by atoms with Gasteiger partial charge in [0.15, 0.2) is 0 Å². The van der Waals surface area contributed by atoms with E-state index in [0.29, 0.717) is 12.2 Å². The first kappa shape index (κ1) is 16.4. The fraction of sp³-hybridized carbons (Fsp3) is 0.600. The van der Waals surface area contributed by atoms with Gasteiger partial charge < -0.3 is 15.0 Å². The maximum absolute atomic E-state index is 13.0. The van der Waals surface area contributed by atoms with Crippen LogP contribution in [0.2, 0.25) is 0 Å². The molecule has 0 aromatic heterocycles. The second-order valence-corrected chi connectivity index (χ2v) is 7.72. The molecule has 2 atom stereocenters. The van der Waals surface area contributed by atoms with Crippen LogP contribution in [0.1, 0.15) is 54.9 Å². The molecule has 2 unspecified atom stereocenters. The van der Waals surface area contributed by atoms with Gasteiger partial charge in [0, 0.05) is 37.9 Å². The van der Waals surface area contributed by atoms with E-state index in [1.165, 1.54) is 6.42 Å². The van der Waals surface area contributed by atoms with Crippen molar-refractivity contribution in [3.05, 3.63) is 29.3 Å². The molecule has 2 fully saturated rings. The van der Waals surface area contributed by atoms with Crippen LogP contribution in [0.5, 0.6) is 5.75 Å². The summed E-state index contributed by atoms with van der Waals surface area (Å²) in [6.45, 7) is 3.88. The molecule has 2 aliphatic heterocycles. The molecule has 5 heteroatoms. The van der Waals surface area contributed by atoms with Gasteiger partial charge >= 0.3 is 0 Å². The molecule has 0 radical (unpaired) electrons. The number of amides is 2. The first-order valence-corrected chi connectivity index (χ1v) is 9.40. The standard InChI is InChI=1S/C20H26N2O3/c1-14(23)22-11-10-20(13-22)9-3-2-7-17(20)21-19(24)16-6-4-5-15-8-12-25-18(15)16/h4-6,17H,2-3,7-13H2,1H3,(H,21,24). The molecule has 134 valence electrons. The molecular weight excluding hydrogens is 316 g/mol. The third kappa shape index (κ3) is 2.90. The molecule has 2 amide bonds. The minimum atomic E-state index is -0.0358. The van der Waals surface area contributed by atoms with Gasteiger partial charge in [0.1, 0.15) is 5.75 Å². The lowest BCUT2D eigenvalue weighted by molar-refractivity contribution is -0.128. The molecule has 4 rings (SSSR count). The van der Waals surface area contributed by atoms with Crippen molar-refractivity contribution in [1.29, 1.82) is 0 Å². The van der Waals surface area contributed by atoms with Crippen molar-refractivity contribution in [2.24, 2.45) is 5.41 Å². The highest BCUT2D eigenvalue weighted by atomic mass is 16.5. The number of ether oxygens (including phenoxy) is 1. The highest BCUT2D eigenvalue weighted by Gasteiger charge is 2.47. The number of likely N-dealkylation sites (tertiary alicyclic amines) is 1. The summed E-state index contributed by atoms with van der Waals surface area (Å²) in [6, 6.07) is 5.95. The number of rotatable bonds is 2. The van der Waals surface area contributed by atoms with E-state index in [4.69, 9.17) is 4.74 Å². The van der Waals surface area contributed by atoms with Crippen molar-refractivity contribution >= 4 is 11.8 Å². The second-order valence-electron chi connectivity index (χ2n) is 7.72. The van der Waals surface area contributed by atoms with Crippen LogP contribution in [0.15, 0.2) is 18.2 Å². The Morgan fingerprint density at radius 3 is 2.96 bits per heavy atom. The highest BCUT2D eigenvalue weighted by Crippen LogP contribution is 2.44. The van der Waals surface area contributed by atoms with E-state index in [0.717, 1.165) is 56.5 Å². The predicted molar refractivity (Wildman–Crippen MR) is 94.7 cm³/mol. The molecular formula is C20H26N2O3. The van der Waals surface area contributed by atoms with Gasteiger partial charge in [-0.3, -0.25) is 9.59 Å². The zero-order valence-electron chi connectivity index (χ0n) is 14.8. The van der Waals surface area contributed by atoms with Crippen LogP contribution in [0.3, 0.4) is 0 Å². The van der Waals surface area contributed by atoms with Gasteiger partial charge in [-0.05, 0) is 30.9 Å². The number of fused-ring (bicyclic) bond motifs is 1. The summed E-state index contributed by atoms with van der Waals surface area (Å²) in [6.07, 6.45) is 6.26. The topological polar surface area (TPSA) is 58.6 Å². The van der Waals surface area contributed by atoms with Crippen molar-refractivity contribution in [1.82, 2.24) is 10.2 Å². The predicted octanol–water partition coefficient (Wildman–Crippen LogP) is 2.53. The highest BCUT2D eigenvalue weighted by molar-refractivity contribution is 5.97. The van der Waals surface area contributed by atoms with Gasteiger partial charge in [0.2, 0.25) is 5.91 Å². The molecule has 1 aliphatic carbocycles. The molecule has 3 aliphatic rings. The summed E-state index contributed by atoms with van der Waals surface area (Å²) in [5, 5.41) is 3.30. The number of hydrogen-bond acceptors (Lipinski definition) is 3. The van der Waals surface area contributed by atoms with E-state index >= 15 is 0 Å². The smallest absolute Gasteiger partial charge is 0.255 e. The summed E-state index contributed by atoms with van der Waals surface area (Å²) >= 11 is 0. The maximum Gasteiger partial charge on any atom is 0.255 e. The summed E-state index contributed by atoms with van der Waals surface area (Å²) in [5.74, 6) is 0.856. The SMILES string of the molecule is CC(=O)N1CCC2(CCCCC2NC(=O)c2cccc3c2OCC3)C1. The van der Waals surface area contributed by atoms with Crippen molar-refractivity contribution in [3.8, 4) is 5.75 Å². The Kier molecular flexibility index (Phi) is 4.18. The molecule has 1 N–H and O–H groups in total. The number of carbonyl (C=O) groups is 2. The van der Waals surface area contributed by atoms with Crippen LogP contribution in [-0.2, 0) is 11.2 Å². The summed E-state index contributed by atoms with van der Waals surface area (Å²) in [7, 11) is 0. The van der Waals surface area contributed by atoms with Crippen molar-refractivity contribution in [2.45, 2.75) is 51.5 Å². The fourth-order valence-corrected chi connectivity index (χ4v) is 4.81. The van der Waals surface area contributed by atoms with E-state index < -0.39 is 0 Å². The maximum atomic E-state index is 13.0. The Morgan fingerprint density at radius 1 is 1.28 bits per heavy atom. The first-order chi connectivity index (χ1) is 12.1. The van der Waals surface area contributed by atoms with Crippen LogP contribution < -0.4 is 10.1 Å². The third-order valence-corrected chi connectivity index (χ3v) is 6.25. The lowest BCUT2D eigenvalue weighted by atomic mass is 9.69. The molecule has 25 heavy (non-hydrogen) atoms. The third-order valence-electron chi connectivity index (χ3n) is 6.25. The van der Waals surface area contributed by atoms with Gasteiger partial charge in [0.25, 0.3) is 5.91 Å². The molecule has 1 saturated heterocycles. The number of nitrogens with one attached hydrogen (secondary N) is 1. The molecule has 0 bridgehead atoms. The van der Waals surface area contributed by atoms with E-state index in [9.17, 15) is 9.59 Å². The number of para-hydroxylation sites is 1. The van der Waals surface area contributed by atoms with Crippen LogP contribution in [0.25, 0.3) is 0 Å². The monoisotopic (exact) mass is 342 g/mol. The van der Waals surface area contributed by atoms with Crippen LogP contribution in [0.4, 0.5) is 0 Å². The Balaban J connectivity index is 1.54. The number of hydrogen-bond donors (Lipinski definition) is 1. The first-order valence-electron chi connectivity index (χ1n) is 9.40. The van der Waals surface area contributed by atoms with Gasteiger partial charge in [-0.25, -0.2) is 0 Å². The molecule has 1 spiro atoms. The second kappa shape index (κ2) is 6.36.